The summed E-state index contributed by atoms with van der Waals surface area (Å²) < 4.78 is 6.13. The highest BCUT2D eigenvalue weighted by Gasteiger charge is 2.44. The SMILES string of the molecule is CC(C)(O)c1ccc(-c2ccc3c(n2)Oc2ccccc2[C@@H]3C(C)(C)C(=O)NC(N)=O)cc1. The standard InChI is InChI=1S/C26H27N3O4/c1-25(2,23(30)29-24(27)31)21-17-7-5-6-8-20(17)33-22-18(21)13-14-19(28-22)15-9-11-16(12-10-15)26(3,4)32/h5-14,21,32H,1-4H3,(H3,27,29,30,31)/t21-/m0/s1. The molecule has 0 bridgehead atoms. The van der Waals surface area contributed by atoms with Gasteiger partial charge in [-0.1, -0.05) is 62.4 Å². The fourth-order valence-corrected chi connectivity index (χ4v) is 4.23. The fraction of sp³-hybridized carbons (Fsp3) is 0.269. The predicted octanol–water partition coefficient (Wildman–Crippen LogP) is 4.43. The molecule has 4 N–H and O–H groups in total. The van der Waals surface area contributed by atoms with E-state index >= 15 is 0 Å². The highest BCUT2D eigenvalue weighted by Crippen LogP contribution is 2.51. The molecule has 0 aliphatic carbocycles. The number of benzene rings is 2. The third-order valence-corrected chi connectivity index (χ3v) is 6.07. The molecule has 0 saturated carbocycles. The number of aliphatic hydroxyl groups is 1. The molecule has 170 valence electrons. The Morgan fingerprint density at radius 3 is 2.27 bits per heavy atom. The van der Waals surface area contributed by atoms with Gasteiger partial charge in [0.05, 0.1) is 16.7 Å². The molecule has 1 aliphatic rings. The van der Waals surface area contributed by atoms with Crippen LogP contribution >= 0.6 is 0 Å². The largest absolute Gasteiger partial charge is 0.438 e. The summed E-state index contributed by atoms with van der Waals surface area (Å²) in [7, 11) is 0. The number of nitrogens with two attached hydrogens (primary N) is 1. The van der Waals surface area contributed by atoms with Crippen LogP contribution in [0.4, 0.5) is 4.79 Å². The maximum atomic E-state index is 12.9. The zero-order chi connectivity index (χ0) is 24.0. The first-order valence-electron chi connectivity index (χ1n) is 10.7. The number of imide groups is 1. The Morgan fingerprint density at radius 2 is 1.64 bits per heavy atom. The fourth-order valence-electron chi connectivity index (χ4n) is 4.23. The molecule has 0 fully saturated rings. The number of amides is 3. The molecule has 0 spiro atoms. The van der Waals surface area contributed by atoms with E-state index in [1.165, 1.54) is 0 Å². The topological polar surface area (TPSA) is 115 Å². The first-order valence-corrected chi connectivity index (χ1v) is 10.7. The molecule has 2 heterocycles. The molecule has 3 aromatic rings. The van der Waals surface area contributed by atoms with E-state index < -0.39 is 28.9 Å². The van der Waals surface area contributed by atoms with Crippen molar-refractivity contribution in [2.45, 2.75) is 39.2 Å². The van der Waals surface area contributed by atoms with Gasteiger partial charge < -0.3 is 15.6 Å². The second kappa shape index (κ2) is 8.01. The number of urea groups is 1. The number of fused-ring (bicyclic) bond motifs is 2. The third-order valence-electron chi connectivity index (χ3n) is 6.07. The Kier molecular flexibility index (Phi) is 5.46. The number of ether oxygens (including phenoxy) is 1. The second-order valence-corrected chi connectivity index (χ2v) is 9.34. The lowest BCUT2D eigenvalue weighted by molar-refractivity contribution is -0.128. The zero-order valence-electron chi connectivity index (χ0n) is 19.0. The molecule has 7 heteroatoms. The Hall–Kier alpha value is -3.71. The van der Waals surface area contributed by atoms with Gasteiger partial charge in [-0.2, -0.15) is 0 Å². The van der Waals surface area contributed by atoms with E-state index in [1.807, 2.05) is 60.7 Å². The average molecular weight is 446 g/mol. The Labute approximate surface area is 192 Å². The molecule has 0 radical (unpaired) electrons. The Morgan fingerprint density at radius 1 is 0.970 bits per heavy atom. The lowest BCUT2D eigenvalue weighted by Gasteiger charge is -2.37. The number of carbonyl (C=O) groups excluding carboxylic acids is 2. The summed E-state index contributed by atoms with van der Waals surface area (Å²) in [5, 5.41) is 12.4. The number of hydrogen-bond acceptors (Lipinski definition) is 5. The van der Waals surface area contributed by atoms with Crippen molar-refractivity contribution < 1.29 is 19.4 Å². The number of para-hydroxylation sites is 1. The third kappa shape index (κ3) is 4.19. The van der Waals surface area contributed by atoms with Crippen molar-refractivity contribution in [3.8, 4) is 22.9 Å². The van der Waals surface area contributed by atoms with Crippen molar-refractivity contribution in [3.05, 3.63) is 77.4 Å². The van der Waals surface area contributed by atoms with Crippen LogP contribution in [0.15, 0.2) is 60.7 Å². The van der Waals surface area contributed by atoms with Gasteiger partial charge in [0, 0.05) is 22.6 Å². The summed E-state index contributed by atoms with van der Waals surface area (Å²) in [6, 6.07) is 17.9. The van der Waals surface area contributed by atoms with Gasteiger partial charge in [-0.25, -0.2) is 9.78 Å². The van der Waals surface area contributed by atoms with Crippen LogP contribution in [0.5, 0.6) is 11.6 Å². The van der Waals surface area contributed by atoms with Crippen LogP contribution < -0.4 is 15.8 Å². The summed E-state index contributed by atoms with van der Waals surface area (Å²) >= 11 is 0. The number of pyridine rings is 1. The number of primary amides is 1. The lowest BCUT2D eigenvalue weighted by atomic mass is 9.69. The summed E-state index contributed by atoms with van der Waals surface area (Å²) in [6.45, 7) is 7.01. The number of nitrogens with one attached hydrogen (secondary N) is 1. The minimum atomic E-state index is -1.01. The summed E-state index contributed by atoms with van der Waals surface area (Å²) in [4.78, 5) is 29.0. The molecule has 4 rings (SSSR count). The van der Waals surface area contributed by atoms with E-state index in [-0.39, 0.29) is 0 Å². The number of rotatable bonds is 4. The second-order valence-electron chi connectivity index (χ2n) is 9.34. The zero-order valence-corrected chi connectivity index (χ0v) is 19.0. The van der Waals surface area contributed by atoms with E-state index in [4.69, 9.17) is 15.5 Å². The van der Waals surface area contributed by atoms with Crippen LogP contribution in [-0.4, -0.2) is 22.0 Å². The van der Waals surface area contributed by atoms with Crippen molar-refractivity contribution in [2.24, 2.45) is 11.1 Å². The summed E-state index contributed by atoms with van der Waals surface area (Å²) in [6.07, 6.45) is 0. The molecule has 1 aromatic heterocycles. The van der Waals surface area contributed by atoms with Crippen molar-refractivity contribution in [1.29, 1.82) is 0 Å². The van der Waals surface area contributed by atoms with Gasteiger partial charge in [-0.15, -0.1) is 0 Å². The van der Waals surface area contributed by atoms with E-state index in [9.17, 15) is 14.7 Å². The molecule has 0 unspecified atom stereocenters. The first kappa shape index (κ1) is 22.5. The molecular formula is C26H27N3O4. The van der Waals surface area contributed by atoms with Gasteiger partial charge in [0.2, 0.25) is 11.8 Å². The van der Waals surface area contributed by atoms with Crippen LogP contribution in [-0.2, 0) is 10.4 Å². The highest BCUT2D eigenvalue weighted by molar-refractivity contribution is 5.97. The van der Waals surface area contributed by atoms with Gasteiger partial charge in [-0.3, -0.25) is 10.1 Å². The predicted molar refractivity (Wildman–Crippen MR) is 125 cm³/mol. The number of hydrogen-bond donors (Lipinski definition) is 3. The molecule has 3 amide bonds. The van der Waals surface area contributed by atoms with Crippen LogP contribution in [0.2, 0.25) is 0 Å². The molecule has 2 aromatic carbocycles. The first-order chi connectivity index (χ1) is 15.5. The van der Waals surface area contributed by atoms with E-state index in [2.05, 4.69) is 5.32 Å². The van der Waals surface area contributed by atoms with Crippen LogP contribution in [0.3, 0.4) is 0 Å². The summed E-state index contributed by atoms with van der Waals surface area (Å²) in [5.41, 5.74) is 7.22. The number of carbonyl (C=O) groups is 2. The highest BCUT2D eigenvalue weighted by atomic mass is 16.5. The maximum absolute atomic E-state index is 12.9. The minimum Gasteiger partial charge on any atom is -0.438 e. The van der Waals surface area contributed by atoms with Gasteiger partial charge in [0.25, 0.3) is 0 Å². The molecule has 33 heavy (non-hydrogen) atoms. The monoisotopic (exact) mass is 445 g/mol. The van der Waals surface area contributed by atoms with E-state index in [0.29, 0.717) is 17.3 Å². The van der Waals surface area contributed by atoms with Crippen LogP contribution in [0.25, 0.3) is 11.3 Å². The van der Waals surface area contributed by atoms with Gasteiger partial charge in [0.1, 0.15) is 5.75 Å². The molecule has 1 aliphatic heterocycles. The van der Waals surface area contributed by atoms with Gasteiger partial charge >= 0.3 is 6.03 Å². The Bertz CT molecular complexity index is 1230. The molecule has 7 nitrogen and oxygen atoms in total. The Balaban J connectivity index is 1.78. The van der Waals surface area contributed by atoms with Crippen LogP contribution in [0, 0.1) is 5.41 Å². The number of aromatic nitrogens is 1. The quantitative estimate of drug-likeness (QED) is 0.549. The van der Waals surface area contributed by atoms with Crippen LogP contribution in [0.1, 0.15) is 50.3 Å². The van der Waals surface area contributed by atoms with Crippen molar-refractivity contribution in [2.75, 3.05) is 0 Å². The minimum absolute atomic E-state index is 0.405. The molecular weight excluding hydrogens is 418 g/mol. The normalized spacial score (nSPS) is 15.1. The lowest BCUT2D eigenvalue weighted by Crippen LogP contribution is -2.46. The average Bonchev–Trinajstić information content (AvgIpc) is 2.76. The molecule has 0 saturated heterocycles. The molecule has 1 atom stereocenters. The van der Waals surface area contributed by atoms with Crippen molar-refractivity contribution >= 4 is 11.9 Å². The van der Waals surface area contributed by atoms with Gasteiger partial charge in [-0.05, 0) is 31.5 Å². The van der Waals surface area contributed by atoms with Crippen molar-refractivity contribution in [1.82, 2.24) is 10.3 Å². The number of nitrogens with zero attached hydrogens (tertiary/aromatic N) is 1. The summed E-state index contributed by atoms with van der Waals surface area (Å²) in [5.74, 6) is 0.129. The van der Waals surface area contributed by atoms with Crippen molar-refractivity contribution in [3.63, 3.8) is 0 Å². The smallest absolute Gasteiger partial charge is 0.318 e. The van der Waals surface area contributed by atoms with E-state index in [1.54, 1.807) is 27.7 Å². The maximum Gasteiger partial charge on any atom is 0.318 e. The van der Waals surface area contributed by atoms with E-state index in [0.717, 1.165) is 22.3 Å². The van der Waals surface area contributed by atoms with Gasteiger partial charge in [0.15, 0.2) is 0 Å².